The minimum atomic E-state index is -0.695. The van der Waals surface area contributed by atoms with Gasteiger partial charge in [-0.3, -0.25) is 9.69 Å². The fraction of sp³-hybridized carbons (Fsp3) is 0.900. The molecule has 82 valence electrons. The van der Waals surface area contributed by atoms with Gasteiger partial charge in [0.2, 0.25) is 0 Å². The van der Waals surface area contributed by atoms with Crippen LogP contribution in [0.3, 0.4) is 0 Å². The average Bonchev–Trinajstić information content (AvgIpc) is 2.53. The molecule has 4 heteroatoms. The Kier molecular flexibility index (Phi) is 4.26. The summed E-state index contributed by atoms with van der Waals surface area (Å²) < 4.78 is 0. The first-order valence-corrected chi connectivity index (χ1v) is 6.22. The molecule has 14 heavy (non-hydrogen) atoms. The zero-order chi connectivity index (χ0) is 10.7. The van der Waals surface area contributed by atoms with Gasteiger partial charge >= 0.3 is 5.97 Å². The number of carbonyl (C=O) groups is 1. The molecule has 1 rings (SSSR count). The second-order valence-corrected chi connectivity index (χ2v) is 5.36. The molecule has 0 amide bonds. The second kappa shape index (κ2) is 5.03. The van der Waals surface area contributed by atoms with Crippen LogP contribution in [0.2, 0.25) is 0 Å². The maximum atomic E-state index is 11.1. The van der Waals surface area contributed by atoms with Crippen molar-refractivity contribution in [1.82, 2.24) is 4.90 Å². The third kappa shape index (κ3) is 2.64. The van der Waals surface area contributed by atoms with Gasteiger partial charge in [0, 0.05) is 11.8 Å². The summed E-state index contributed by atoms with van der Waals surface area (Å²) in [5.74, 6) is 1.72. The van der Waals surface area contributed by atoms with Crippen LogP contribution >= 0.6 is 11.8 Å². The number of aliphatic carboxylic acids is 1. The summed E-state index contributed by atoms with van der Waals surface area (Å²) >= 11 is 1.92. The normalized spacial score (nSPS) is 24.5. The van der Waals surface area contributed by atoms with Crippen LogP contribution in [0.4, 0.5) is 0 Å². The Morgan fingerprint density at radius 1 is 1.57 bits per heavy atom. The number of hydrogen-bond acceptors (Lipinski definition) is 3. The van der Waals surface area contributed by atoms with Gasteiger partial charge in [-0.15, -0.1) is 0 Å². The van der Waals surface area contributed by atoms with E-state index in [0.29, 0.717) is 6.04 Å². The topological polar surface area (TPSA) is 40.5 Å². The van der Waals surface area contributed by atoms with E-state index in [1.54, 1.807) is 0 Å². The Morgan fingerprint density at radius 2 is 2.21 bits per heavy atom. The lowest BCUT2D eigenvalue weighted by Gasteiger charge is -2.32. The van der Waals surface area contributed by atoms with Crippen molar-refractivity contribution in [3.8, 4) is 0 Å². The molecule has 0 saturated carbocycles. The Morgan fingerprint density at radius 3 is 2.57 bits per heavy atom. The fourth-order valence-electron chi connectivity index (χ4n) is 2.00. The highest BCUT2D eigenvalue weighted by Crippen LogP contribution is 2.24. The smallest absolute Gasteiger partial charge is 0.321 e. The SMILES string of the molecule is CC(C)C(C(=O)O)N(C)C1CCSC1. The largest absolute Gasteiger partial charge is 0.480 e. The van der Waals surface area contributed by atoms with Crippen molar-refractivity contribution in [3.63, 3.8) is 0 Å². The lowest BCUT2D eigenvalue weighted by Crippen LogP contribution is -2.47. The third-order valence-electron chi connectivity index (χ3n) is 2.80. The van der Waals surface area contributed by atoms with Crippen LogP contribution in [0.5, 0.6) is 0 Å². The summed E-state index contributed by atoms with van der Waals surface area (Å²) in [6.07, 6.45) is 1.12. The maximum absolute atomic E-state index is 11.1. The van der Waals surface area contributed by atoms with Crippen LogP contribution < -0.4 is 0 Å². The molecule has 1 heterocycles. The van der Waals surface area contributed by atoms with Gasteiger partial charge in [0.15, 0.2) is 0 Å². The highest BCUT2D eigenvalue weighted by atomic mass is 32.2. The monoisotopic (exact) mass is 217 g/mol. The predicted molar refractivity (Wildman–Crippen MR) is 59.8 cm³/mol. The van der Waals surface area contributed by atoms with Crippen LogP contribution in [0.15, 0.2) is 0 Å². The van der Waals surface area contributed by atoms with E-state index in [0.717, 1.165) is 12.2 Å². The van der Waals surface area contributed by atoms with E-state index >= 15 is 0 Å². The van der Waals surface area contributed by atoms with Crippen LogP contribution in [0, 0.1) is 5.92 Å². The number of hydrogen-bond donors (Lipinski definition) is 1. The fourth-order valence-corrected chi connectivity index (χ4v) is 3.28. The minimum absolute atomic E-state index is 0.170. The maximum Gasteiger partial charge on any atom is 0.321 e. The van der Waals surface area contributed by atoms with Gasteiger partial charge in [-0.2, -0.15) is 11.8 Å². The Labute approximate surface area is 89.9 Å². The number of carboxylic acids is 1. The quantitative estimate of drug-likeness (QED) is 0.775. The number of thioether (sulfide) groups is 1. The van der Waals surface area contributed by atoms with Gasteiger partial charge in [0.25, 0.3) is 0 Å². The molecule has 2 unspecified atom stereocenters. The zero-order valence-corrected chi connectivity index (χ0v) is 9.88. The van der Waals surface area contributed by atoms with Crippen LogP contribution in [-0.4, -0.2) is 46.6 Å². The molecule has 1 aliphatic rings. The molecule has 0 spiro atoms. The summed E-state index contributed by atoms with van der Waals surface area (Å²) in [4.78, 5) is 13.1. The summed E-state index contributed by atoms with van der Waals surface area (Å²) in [6.45, 7) is 3.94. The van der Waals surface area contributed by atoms with Gasteiger partial charge in [0.1, 0.15) is 6.04 Å². The number of carboxylic acid groups (broad SMARTS) is 1. The van der Waals surface area contributed by atoms with Gasteiger partial charge in [-0.25, -0.2) is 0 Å². The van der Waals surface area contributed by atoms with E-state index in [-0.39, 0.29) is 12.0 Å². The molecule has 1 N–H and O–H groups in total. The first-order chi connectivity index (χ1) is 6.54. The first-order valence-electron chi connectivity index (χ1n) is 5.06. The van der Waals surface area contributed by atoms with Crippen molar-refractivity contribution in [2.75, 3.05) is 18.6 Å². The third-order valence-corrected chi connectivity index (χ3v) is 3.95. The molecule has 1 fully saturated rings. The van der Waals surface area contributed by atoms with Gasteiger partial charge < -0.3 is 5.11 Å². The van der Waals surface area contributed by atoms with Crippen molar-refractivity contribution >= 4 is 17.7 Å². The Bertz CT molecular complexity index is 202. The molecule has 0 aromatic carbocycles. The summed E-state index contributed by atoms with van der Waals surface area (Å²) in [5.41, 5.74) is 0. The number of nitrogens with zero attached hydrogens (tertiary/aromatic N) is 1. The average molecular weight is 217 g/mol. The Balaban J connectivity index is 2.62. The van der Waals surface area contributed by atoms with Gasteiger partial charge in [0.05, 0.1) is 0 Å². The van der Waals surface area contributed by atoms with E-state index in [1.165, 1.54) is 5.75 Å². The van der Waals surface area contributed by atoms with Crippen molar-refractivity contribution in [2.24, 2.45) is 5.92 Å². The molecule has 0 aliphatic carbocycles. The van der Waals surface area contributed by atoms with Crippen molar-refractivity contribution in [3.05, 3.63) is 0 Å². The number of rotatable bonds is 4. The van der Waals surface area contributed by atoms with E-state index in [2.05, 4.69) is 0 Å². The molecular weight excluding hydrogens is 198 g/mol. The predicted octanol–water partition coefficient (Wildman–Crippen LogP) is 1.53. The Hall–Kier alpha value is -0.220. The summed E-state index contributed by atoms with van der Waals surface area (Å²) in [7, 11) is 1.94. The van der Waals surface area contributed by atoms with E-state index in [4.69, 9.17) is 5.11 Å². The molecule has 0 aromatic rings. The summed E-state index contributed by atoms with van der Waals surface area (Å²) in [6, 6.07) is 0.113. The minimum Gasteiger partial charge on any atom is -0.480 e. The van der Waals surface area contributed by atoms with E-state index in [9.17, 15) is 4.79 Å². The molecule has 3 nitrogen and oxygen atoms in total. The van der Waals surface area contributed by atoms with Crippen LogP contribution in [0.25, 0.3) is 0 Å². The van der Waals surface area contributed by atoms with Gasteiger partial charge in [-0.1, -0.05) is 13.8 Å². The highest BCUT2D eigenvalue weighted by Gasteiger charge is 2.32. The zero-order valence-electron chi connectivity index (χ0n) is 9.06. The van der Waals surface area contributed by atoms with E-state index < -0.39 is 5.97 Å². The standard InChI is InChI=1S/C10H19NO2S/c1-7(2)9(10(12)13)11(3)8-4-5-14-6-8/h7-9H,4-6H2,1-3H3,(H,12,13). The van der Waals surface area contributed by atoms with Crippen LogP contribution in [-0.2, 0) is 4.79 Å². The lowest BCUT2D eigenvalue weighted by atomic mass is 10.0. The van der Waals surface area contributed by atoms with Gasteiger partial charge in [-0.05, 0) is 25.1 Å². The van der Waals surface area contributed by atoms with Crippen molar-refractivity contribution in [2.45, 2.75) is 32.4 Å². The molecule has 0 aromatic heterocycles. The van der Waals surface area contributed by atoms with Crippen molar-refractivity contribution < 1.29 is 9.90 Å². The van der Waals surface area contributed by atoms with Crippen LogP contribution in [0.1, 0.15) is 20.3 Å². The highest BCUT2D eigenvalue weighted by molar-refractivity contribution is 7.99. The summed E-state index contributed by atoms with van der Waals surface area (Å²) in [5, 5.41) is 9.13. The lowest BCUT2D eigenvalue weighted by molar-refractivity contribution is -0.145. The molecule has 0 radical (unpaired) electrons. The molecular formula is C10H19NO2S. The molecule has 1 aliphatic heterocycles. The molecule has 2 atom stereocenters. The van der Waals surface area contributed by atoms with E-state index in [1.807, 2.05) is 37.6 Å². The molecule has 0 bridgehead atoms. The number of likely N-dealkylation sites (N-methyl/N-ethyl adjacent to an activating group) is 1. The van der Waals surface area contributed by atoms with Crippen molar-refractivity contribution in [1.29, 1.82) is 0 Å². The molecule has 1 saturated heterocycles. The second-order valence-electron chi connectivity index (χ2n) is 4.21. The first kappa shape index (κ1) is 11.9.